The lowest BCUT2D eigenvalue weighted by molar-refractivity contribution is 0.0973. The molecule has 0 aromatic heterocycles. The number of phenolic OH excluding ortho intramolecular Hbond substituents is 4. The highest BCUT2D eigenvalue weighted by Crippen LogP contribution is 2.50. The summed E-state index contributed by atoms with van der Waals surface area (Å²) in [5.41, 5.74) is -0.914. The van der Waals surface area contributed by atoms with Crippen LogP contribution in [0.1, 0.15) is 31.8 Å². The van der Waals surface area contributed by atoms with Crippen molar-refractivity contribution in [3.05, 3.63) is 58.7 Å². The number of phenols is 4. The maximum absolute atomic E-state index is 12.7. The van der Waals surface area contributed by atoms with Crippen LogP contribution in [0.3, 0.4) is 0 Å². The Balaban J connectivity index is 2.12. The molecule has 0 heterocycles. The highest BCUT2D eigenvalue weighted by molar-refractivity contribution is 6.31. The van der Waals surface area contributed by atoms with Crippen molar-refractivity contribution in [3.63, 3.8) is 0 Å². The lowest BCUT2D eigenvalue weighted by Crippen LogP contribution is -2.21. The van der Waals surface area contributed by atoms with E-state index in [9.17, 15) is 30.0 Å². The second kappa shape index (κ2) is 4.48. The van der Waals surface area contributed by atoms with E-state index in [4.69, 9.17) is 0 Å². The molecule has 0 aliphatic heterocycles. The van der Waals surface area contributed by atoms with Gasteiger partial charge in [0.25, 0.3) is 0 Å². The summed E-state index contributed by atoms with van der Waals surface area (Å²) in [5.74, 6) is -5.38. The van der Waals surface area contributed by atoms with Crippen molar-refractivity contribution in [1.29, 1.82) is 0 Å². The van der Waals surface area contributed by atoms with Crippen LogP contribution in [-0.4, -0.2) is 32.0 Å². The molecule has 0 fully saturated rings. The number of hydrogen-bond donors (Lipinski definition) is 4. The van der Waals surface area contributed by atoms with Crippen LogP contribution in [-0.2, 0) is 0 Å². The van der Waals surface area contributed by atoms with Gasteiger partial charge in [0.15, 0.2) is 23.1 Å². The van der Waals surface area contributed by atoms with E-state index in [2.05, 4.69) is 0 Å². The van der Waals surface area contributed by atoms with Gasteiger partial charge in [0.1, 0.15) is 0 Å². The van der Waals surface area contributed by atoms with Crippen molar-refractivity contribution < 1.29 is 30.0 Å². The average molecular weight is 322 g/mol. The number of rotatable bonds is 0. The Morgan fingerprint density at radius 1 is 0.583 bits per heavy atom. The monoisotopic (exact) mass is 322 g/mol. The predicted molar refractivity (Wildman–Crippen MR) is 83.9 cm³/mol. The van der Waals surface area contributed by atoms with Gasteiger partial charge in [-0.1, -0.05) is 24.3 Å². The topological polar surface area (TPSA) is 115 Å². The summed E-state index contributed by atoms with van der Waals surface area (Å²) in [6.07, 6.45) is 0. The number of benzene rings is 3. The van der Waals surface area contributed by atoms with Crippen LogP contribution in [0.2, 0.25) is 0 Å². The number of carbonyl (C=O) groups is 2. The minimum absolute atomic E-state index is 0.0611. The Morgan fingerprint density at radius 3 is 1.33 bits per heavy atom. The van der Waals surface area contributed by atoms with E-state index in [0.29, 0.717) is 0 Å². The summed E-state index contributed by atoms with van der Waals surface area (Å²) in [6, 6.07) is 10.2. The minimum Gasteiger partial charge on any atom is -0.504 e. The Morgan fingerprint density at radius 2 is 0.958 bits per heavy atom. The molecule has 6 heteroatoms. The lowest BCUT2D eigenvalue weighted by atomic mass is 9.81. The maximum Gasteiger partial charge on any atom is 0.205 e. The fraction of sp³-hybridized carbons (Fsp3) is 0. The number of aromatic hydroxyl groups is 4. The van der Waals surface area contributed by atoms with E-state index in [1.54, 1.807) is 24.3 Å². The molecular formula is C18H10O6. The third-order valence-electron chi connectivity index (χ3n) is 4.23. The molecule has 24 heavy (non-hydrogen) atoms. The highest BCUT2D eigenvalue weighted by atomic mass is 16.3. The molecule has 0 spiro atoms. The van der Waals surface area contributed by atoms with Crippen molar-refractivity contribution in [3.8, 4) is 23.0 Å². The number of hydrogen-bond acceptors (Lipinski definition) is 6. The summed E-state index contributed by atoms with van der Waals surface area (Å²) in [4.78, 5) is 25.4. The molecule has 1 aliphatic carbocycles. The molecule has 3 aromatic rings. The first-order chi connectivity index (χ1) is 11.4. The zero-order valence-corrected chi connectivity index (χ0v) is 12.1. The molecular weight excluding hydrogens is 312 g/mol. The van der Waals surface area contributed by atoms with E-state index in [1.165, 1.54) is 12.1 Å². The fourth-order valence-corrected chi connectivity index (χ4v) is 3.03. The van der Waals surface area contributed by atoms with Crippen molar-refractivity contribution in [2.75, 3.05) is 0 Å². The van der Waals surface area contributed by atoms with Crippen LogP contribution in [0.25, 0.3) is 10.8 Å². The smallest absolute Gasteiger partial charge is 0.205 e. The largest absolute Gasteiger partial charge is 0.504 e. The first-order valence-corrected chi connectivity index (χ1v) is 7.03. The molecule has 4 N–H and O–H groups in total. The molecule has 3 aromatic carbocycles. The number of ketones is 2. The van der Waals surface area contributed by atoms with Gasteiger partial charge in [-0.2, -0.15) is 0 Å². The lowest BCUT2D eigenvalue weighted by Gasteiger charge is -2.21. The standard InChI is InChI=1S/C18H10O6/c19-13-9-5-7-3-1-2-4-8(7)6-10(9)14(20)12-11(13)15(21)17(23)18(24)16(12)22/h1-6,21-24H. The first kappa shape index (κ1) is 14.1. The van der Waals surface area contributed by atoms with Crippen LogP contribution in [0.5, 0.6) is 23.0 Å². The van der Waals surface area contributed by atoms with Crippen LogP contribution < -0.4 is 0 Å². The van der Waals surface area contributed by atoms with E-state index >= 15 is 0 Å². The highest BCUT2D eigenvalue weighted by Gasteiger charge is 2.38. The van der Waals surface area contributed by atoms with Gasteiger partial charge in [-0.25, -0.2) is 0 Å². The normalized spacial score (nSPS) is 13.0. The van der Waals surface area contributed by atoms with E-state index < -0.39 is 45.7 Å². The van der Waals surface area contributed by atoms with Crippen molar-refractivity contribution in [1.82, 2.24) is 0 Å². The number of fused-ring (bicyclic) bond motifs is 3. The van der Waals surface area contributed by atoms with Crippen molar-refractivity contribution >= 4 is 22.3 Å². The molecule has 0 atom stereocenters. The molecule has 0 radical (unpaired) electrons. The summed E-state index contributed by atoms with van der Waals surface area (Å²) in [6.45, 7) is 0. The minimum atomic E-state index is -1.04. The fourth-order valence-electron chi connectivity index (χ4n) is 3.03. The second-order valence-corrected chi connectivity index (χ2v) is 5.55. The Hall–Kier alpha value is -3.54. The molecule has 0 unspecified atom stereocenters. The van der Waals surface area contributed by atoms with Gasteiger partial charge in [-0.3, -0.25) is 9.59 Å². The zero-order chi connectivity index (χ0) is 17.2. The quantitative estimate of drug-likeness (QED) is 0.292. The first-order valence-electron chi connectivity index (χ1n) is 7.03. The van der Waals surface area contributed by atoms with Crippen molar-refractivity contribution in [2.24, 2.45) is 0 Å². The third-order valence-corrected chi connectivity index (χ3v) is 4.23. The van der Waals surface area contributed by atoms with Crippen LogP contribution in [0.15, 0.2) is 36.4 Å². The van der Waals surface area contributed by atoms with Gasteiger partial charge in [0.05, 0.1) is 11.1 Å². The summed E-state index contributed by atoms with van der Waals surface area (Å²) in [7, 11) is 0. The molecule has 0 saturated carbocycles. The molecule has 0 bridgehead atoms. The zero-order valence-electron chi connectivity index (χ0n) is 12.1. The average Bonchev–Trinajstić information content (AvgIpc) is 2.59. The summed E-state index contributed by atoms with van der Waals surface area (Å²) < 4.78 is 0. The maximum atomic E-state index is 12.7. The van der Waals surface area contributed by atoms with Gasteiger partial charge >= 0.3 is 0 Å². The Kier molecular flexibility index (Phi) is 2.63. The van der Waals surface area contributed by atoms with Crippen LogP contribution in [0, 0.1) is 0 Å². The molecule has 0 saturated heterocycles. The van der Waals surface area contributed by atoms with Crippen LogP contribution in [0.4, 0.5) is 0 Å². The molecule has 6 nitrogen and oxygen atoms in total. The SMILES string of the molecule is O=C1c2cc3ccccc3cc2C(=O)c2c(O)c(O)c(O)c(O)c21. The van der Waals surface area contributed by atoms with Gasteiger partial charge in [0.2, 0.25) is 11.5 Å². The van der Waals surface area contributed by atoms with E-state index in [1.807, 2.05) is 0 Å². The molecule has 0 amide bonds. The van der Waals surface area contributed by atoms with Crippen molar-refractivity contribution in [2.45, 2.75) is 0 Å². The van der Waals surface area contributed by atoms with Gasteiger partial charge in [-0.05, 0) is 22.9 Å². The summed E-state index contributed by atoms with van der Waals surface area (Å²) in [5, 5.41) is 40.7. The predicted octanol–water partition coefficient (Wildman–Crippen LogP) is 2.44. The van der Waals surface area contributed by atoms with Crippen LogP contribution >= 0.6 is 0 Å². The summed E-state index contributed by atoms with van der Waals surface area (Å²) >= 11 is 0. The van der Waals surface area contributed by atoms with Gasteiger partial charge in [0, 0.05) is 11.1 Å². The Bertz CT molecular complexity index is 995. The molecule has 118 valence electrons. The van der Waals surface area contributed by atoms with Gasteiger partial charge in [-0.15, -0.1) is 0 Å². The second-order valence-electron chi connectivity index (χ2n) is 5.55. The molecule has 4 rings (SSSR count). The number of carbonyl (C=O) groups excluding carboxylic acids is 2. The van der Waals surface area contributed by atoms with Gasteiger partial charge < -0.3 is 20.4 Å². The van der Waals surface area contributed by atoms with E-state index in [-0.39, 0.29) is 11.1 Å². The third kappa shape index (κ3) is 1.59. The molecule has 1 aliphatic rings. The van der Waals surface area contributed by atoms with E-state index in [0.717, 1.165) is 10.8 Å². The Labute approximate surface area is 134 Å².